The third kappa shape index (κ3) is 8.03. The van der Waals surface area contributed by atoms with Crippen molar-refractivity contribution >= 4 is 27.5 Å². The molecule has 2 aromatic rings. The molecule has 1 atom stereocenters. The van der Waals surface area contributed by atoms with E-state index in [0.29, 0.717) is 11.3 Å². The number of carbonyl (C=O) groups is 2. The maximum atomic E-state index is 13.7. The zero-order valence-corrected chi connectivity index (χ0v) is 23.9. The number of halogens is 1. The summed E-state index contributed by atoms with van der Waals surface area (Å²) < 4.78 is 40.1. The van der Waals surface area contributed by atoms with Crippen molar-refractivity contribution in [2.45, 2.75) is 83.8 Å². The molecule has 1 aliphatic carbocycles. The highest BCUT2D eigenvalue weighted by molar-refractivity contribution is 7.92. The van der Waals surface area contributed by atoms with Crippen LogP contribution in [0, 0.1) is 5.82 Å². The lowest BCUT2D eigenvalue weighted by molar-refractivity contribution is -0.139. The van der Waals surface area contributed by atoms with E-state index in [-0.39, 0.29) is 23.9 Å². The van der Waals surface area contributed by atoms with Gasteiger partial charge in [0.1, 0.15) is 18.4 Å². The van der Waals surface area contributed by atoms with Crippen molar-refractivity contribution in [3.05, 3.63) is 65.5 Å². The van der Waals surface area contributed by atoms with Crippen molar-refractivity contribution in [3.8, 4) is 0 Å². The highest BCUT2D eigenvalue weighted by Crippen LogP contribution is 2.26. The summed E-state index contributed by atoms with van der Waals surface area (Å²) >= 11 is 0. The van der Waals surface area contributed by atoms with E-state index < -0.39 is 34.3 Å². The second-order valence-electron chi connectivity index (χ2n) is 11.2. The third-order valence-electron chi connectivity index (χ3n) is 7.09. The minimum absolute atomic E-state index is 0.0406. The normalized spacial score (nSPS) is 15.5. The summed E-state index contributed by atoms with van der Waals surface area (Å²) in [6.45, 7) is 7.41. The van der Waals surface area contributed by atoms with Crippen LogP contribution < -0.4 is 9.62 Å². The predicted octanol–water partition coefficient (Wildman–Crippen LogP) is 4.76. The molecule has 3 rings (SSSR count). The first-order valence-electron chi connectivity index (χ1n) is 13.2. The first kappa shape index (κ1) is 29.6. The van der Waals surface area contributed by atoms with Crippen LogP contribution in [0.15, 0.2) is 48.5 Å². The fourth-order valence-corrected chi connectivity index (χ4v) is 5.53. The van der Waals surface area contributed by atoms with Crippen molar-refractivity contribution in [2.75, 3.05) is 17.1 Å². The Kier molecular flexibility index (Phi) is 9.57. The topological polar surface area (TPSA) is 86.8 Å². The SMILES string of the molecule is CC(C(=O)NC1CCCCC1)N(Cc1ccc(F)cc1)C(=O)CN(c1ccc(C(C)(C)C)cc1)S(C)(=O)=O. The fraction of sp³-hybridized carbons (Fsp3) is 0.517. The average molecular weight is 546 g/mol. The van der Waals surface area contributed by atoms with Crippen LogP contribution in [0.5, 0.6) is 0 Å². The molecule has 0 bridgehead atoms. The van der Waals surface area contributed by atoms with Crippen molar-refractivity contribution in [3.63, 3.8) is 0 Å². The Hall–Kier alpha value is -2.94. The molecule has 7 nitrogen and oxygen atoms in total. The first-order chi connectivity index (χ1) is 17.8. The molecule has 0 spiro atoms. The molecule has 2 amide bonds. The number of amides is 2. The molecular formula is C29H40FN3O4S. The molecule has 0 aliphatic heterocycles. The van der Waals surface area contributed by atoms with Gasteiger partial charge in [-0.25, -0.2) is 12.8 Å². The molecule has 9 heteroatoms. The van der Waals surface area contributed by atoms with Gasteiger partial charge in [0.2, 0.25) is 21.8 Å². The van der Waals surface area contributed by atoms with Gasteiger partial charge in [0, 0.05) is 12.6 Å². The van der Waals surface area contributed by atoms with Crippen LogP contribution in [0.1, 0.15) is 70.9 Å². The Morgan fingerprint density at radius 2 is 1.58 bits per heavy atom. The van der Waals surface area contributed by atoms with Crippen molar-refractivity contribution in [2.24, 2.45) is 0 Å². The van der Waals surface area contributed by atoms with Gasteiger partial charge in [0.05, 0.1) is 11.9 Å². The van der Waals surface area contributed by atoms with Gasteiger partial charge in [0.25, 0.3) is 0 Å². The number of anilines is 1. The average Bonchev–Trinajstić information content (AvgIpc) is 2.86. The van der Waals surface area contributed by atoms with E-state index in [1.165, 1.54) is 17.0 Å². The van der Waals surface area contributed by atoms with Gasteiger partial charge in [-0.15, -0.1) is 0 Å². The number of rotatable bonds is 9. The van der Waals surface area contributed by atoms with E-state index in [1.54, 1.807) is 31.2 Å². The second kappa shape index (κ2) is 12.3. The minimum Gasteiger partial charge on any atom is -0.352 e. The molecule has 1 saturated carbocycles. The molecule has 0 saturated heterocycles. The summed E-state index contributed by atoms with van der Waals surface area (Å²) in [7, 11) is -3.81. The van der Waals surface area contributed by atoms with Crippen LogP contribution in [-0.4, -0.2) is 50.0 Å². The van der Waals surface area contributed by atoms with Gasteiger partial charge in [-0.2, -0.15) is 0 Å². The molecule has 0 heterocycles. The van der Waals surface area contributed by atoms with Crippen LogP contribution in [0.4, 0.5) is 10.1 Å². The molecule has 1 fully saturated rings. The van der Waals surface area contributed by atoms with Crippen LogP contribution in [0.25, 0.3) is 0 Å². The largest absolute Gasteiger partial charge is 0.352 e. The maximum absolute atomic E-state index is 13.7. The number of sulfonamides is 1. The van der Waals surface area contributed by atoms with E-state index in [0.717, 1.165) is 48.2 Å². The smallest absolute Gasteiger partial charge is 0.244 e. The Balaban J connectivity index is 1.87. The summed E-state index contributed by atoms with van der Waals surface area (Å²) in [6, 6.07) is 12.0. The molecule has 1 N–H and O–H groups in total. The zero-order chi connectivity index (χ0) is 28.1. The lowest BCUT2D eigenvalue weighted by Gasteiger charge is -2.33. The number of carbonyl (C=O) groups excluding carboxylic acids is 2. The minimum atomic E-state index is -3.81. The molecule has 0 aromatic heterocycles. The predicted molar refractivity (Wildman–Crippen MR) is 149 cm³/mol. The van der Waals surface area contributed by atoms with E-state index in [2.05, 4.69) is 26.1 Å². The lowest BCUT2D eigenvalue weighted by atomic mass is 9.87. The summed E-state index contributed by atoms with van der Waals surface area (Å²) in [4.78, 5) is 28.2. The fourth-order valence-electron chi connectivity index (χ4n) is 4.68. The third-order valence-corrected chi connectivity index (χ3v) is 8.23. The summed E-state index contributed by atoms with van der Waals surface area (Å²) in [5.41, 5.74) is 1.93. The number of hydrogen-bond donors (Lipinski definition) is 1. The monoisotopic (exact) mass is 545 g/mol. The molecule has 0 radical (unpaired) electrons. The van der Waals surface area contributed by atoms with Crippen LogP contribution in [0.3, 0.4) is 0 Å². The Morgan fingerprint density at radius 1 is 1.00 bits per heavy atom. The number of benzene rings is 2. The number of hydrogen-bond acceptors (Lipinski definition) is 4. The van der Waals surface area contributed by atoms with E-state index in [4.69, 9.17) is 0 Å². The van der Waals surface area contributed by atoms with Crippen molar-refractivity contribution in [1.82, 2.24) is 10.2 Å². The number of nitrogens with zero attached hydrogens (tertiary/aromatic N) is 2. The van der Waals surface area contributed by atoms with E-state index >= 15 is 0 Å². The van der Waals surface area contributed by atoms with Crippen LogP contribution in [0.2, 0.25) is 0 Å². The standard InChI is InChI=1S/C29H40FN3O4S/c1-21(28(35)31-25-9-7-6-8-10-25)32(19-22-11-15-24(30)16-12-22)27(34)20-33(38(5,36)37)26-17-13-23(14-18-26)29(2,3)4/h11-18,21,25H,6-10,19-20H2,1-5H3,(H,31,35). The summed E-state index contributed by atoms with van der Waals surface area (Å²) in [5, 5.41) is 3.06. The molecule has 208 valence electrons. The quantitative estimate of drug-likeness (QED) is 0.493. The Labute approximate surface area is 226 Å². The highest BCUT2D eigenvalue weighted by Gasteiger charge is 2.31. The molecule has 2 aromatic carbocycles. The van der Waals surface area contributed by atoms with E-state index in [1.807, 2.05) is 12.1 Å². The zero-order valence-electron chi connectivity index (χ0n) is 23.0. The van der Waals surface area contributed by atoms with Crippen LogP contribution >= 0.6 is 0 Å². The van der Waals surface area contributed by atoms with Gasteiger partial charge >= 0.3 is 0 Å². The molecular weight excluding hydrogens is 505 g/mol. The summed E-state index contributed by atoms with van der Waals surface area (Å²) in [5.74, 6) is -1.21. The molecule has 38 heavy (non-hydrogen) atoms. The van der Waals surface area contributed by atoms with Crippen LogP contribution in [-0.2, 0) is 31.6 Å². The maximum Gasteiger partial charge on any atom is 0.244 e. The Bertz CT molecular complexity index is 1200. The van der Waals surface area contributed by atoms with Gasteiger partial charge in [-0.05, 0) is 60.6 Å². The van der Waals surface area contributed by atoms with Gasteiger partial charge in [-0.3, -0.25) is 13.9 Å². The number of nitrogens with one attached hydrogen (secondary N) is 1. The van der Waals surface area contributed by atoms with Crippen molar-refractivity contribution < 1.29 is 22.4 Å². The lowest BCUT2D eigenvalue weighted by Crippen LogP contribution is -2.52. The van der Waals surface area contributed by atoms with Gasteiger partial charge < -0.3 is 10.2 Å². The van der Waals surface area contributed by atoms with Gasteiger partial charge in [-0.1, -0.05) is 64.3 Å². The Morgan fingerprint density at radius 3 is 2.11 bits per heavy atom. The van der Waals surface area contributed by atoms with Gasteiger partial charge in [0.15, 0.2) is 0 Å². The highest BCUT2D eigenvalue weighted by atomic mass is 32.2. The molecule has 1 unspecified atom stereocenters. The summed E-state index contributed by atoms with van der Waals surface area (Å²) in [6.07, 6.45) is 6.11. The second-order valence-corrected chi connectivity index (χ2v) is 13.1. The molecule has 1 aliphatic rings. The van der Waals surface area contributed by atoms with E-state index in [9.17, 15) is 22.4 Å². The first-order valence-corrected chi connectivity index (χ1v) is 15.0. The van der Waals surface area contributed by atoms with Crippen molar-refractivity contribution in [1.29, 1.82) is 0 Å².